The molecule has 1 aliphatic rings. The normalized spacial score (nSPS) is 15.4. The molecule has 0 aliphatic heterocycles. The zero-order valence-electron chi connectivity index (χ0n) is 20.1. The lowest BCUT2D eigenvalue weighted by molar-refractivity contribution is 0.102. The predicted molar refractivity (Wildman–Crippen MR) is 137 cm³/mol. The van der Waals surface area contributed by atoms with Crippen LogP contribution in [0.15, 0.2) is 48.8 Å². The molecule has 2 heterocycles. The Morgan fingerprint density at radius 2 is 1.76 bits per heavy atom. The molecule has 2 amide bonds. The largest absolute Gasteiger partial charge is 0.494 e. The lowest BCUT2D eigenvalue weighted by Gasteiger charge is -2.33. The van der Waals surface area contributed by atoms with Gasteiger partial charge in [0, 0.05) is 28.5 Å². The highest BCUT2D eigenvalue weighted by atomic mass is 32.1. The molecule has 0 saturated carbocycles. The molecule has 0 fully saturated rings. The fraction of sp³-hybridized carbons (Fsp3) is 0.370. The summed E-state index contributed by atoms with van der Waals surface area (Å²) in [5.41, 5.74) is 3.00. The van der Waals surface area contributed by atoms with Crippen LogP contribution in [0.1, 0.15) is 65.3 Å². The second kappa shape index (κ2) is 9.97. The Hall–Kier alpha value is -3.19. The van der Waals surface area contributed by atoms with Crippen molar-refractivity contribution in [1.29, 1.82) is 0 Å². The lowest BCUT2D eigenvalue weighted by Crippen LogP contribution is -2.27. The first-order valence-corrected chi connectivity index (χ1v) is 12.5. The van der Waals surface area contributed by atoms with Gasteiger partial charge in [0.2, 0.25) is 0 Å². The predicted octanol–water partition coefficient (Wildman–Crippen LogP) is 6.20. The first-order valence-electron chi connectivity index (χ1n) is 11.7. The van der Waals surface area contributed by atoms with Crippen LogP contribution in [0.25, 0.3) is 0 Å². The van der Waals surface area contributed by atoms with Gasteiger partial charge in [0.05, 0.1) is 12.2 Å². The van der Waals surface area contributed by atoms with Gasteiger partial charge in [-0.3, -0.25) is 14.6 Å². The van der Waals surface area contributed by atoms with Crippen LogP contribution < -0.4 is 15.4 Å². The van der Waals surface area contributed by atoms with Crippen molar-refractivity contribution in [3.63, 3.8) is 0 Å². The smallest absolute Gasteiger partial charge is 0.258 e. The molecular formula is C27H31N3O3S. The molecule has 0 saturated heterocycles. The van der Waals surface area contributed by atoms with Crippen LogP contribution in [0.4, 0.5) is 10.7 Å². The summed E-state index contributed by atoms with van der Waals surface area (Å²) in [7, 11) is 0. The maximum Gasteiger partial charge on any atom is 0.258 e. The van der Waals surface area contributed by atoms with Crippen molar-refractivity contribution >= 4 is 33.8 Å². The number of anilines is 2. The van der Waals surface area contributed by atoms with E-state index in [0.717, 1.165) is 30.6 Å². The van der Waals surface area contributed by atoms with Crippen LogP contribution in [-0.4, -0.2) is 23.4 Å². The molecule has 1 aliphatic carbocycles. The topological polar surface area (TPSA) is 80.3 Å². The molecule has 34 heavy (non-hydrogen) atoms. The standard InChI is InChI=1S/C27H31N3O3S/c1-5-33-20-9-7-19(8-10-20)29-25(32)23-21-11-6-18(27(2,3)4)16-22(21)34-26(23)30-24(31)17-12-14-28-15-13-17/h7-10,12-15,18H,5-6,11,16H2,1-4H3,(H,29,32)(H,30,31)/t18-/m1/s1. The monoisotopic (exact) mass is 477 g/mol. The number of hydrogen-bond acceptors (Lipinski definition) is 5. The summed E-state index contributed by atoms with van der Waals surface area (Å²) < 4.78 is 5.49. The van der Waals surface area contributed by atoms with E-state index < -0.39 is 0 Å². The van der Waals surface area contributed by atoms with Gasteiger partial charge in [0.15, 0.2) is 0 Å². The molecule has 178 valence electrons. The molecule has 7 heteroatoms. The average molecular weight is 478 g/mol. The number of rotatable bonds is 6. The van der Waals surface area contributed by atoms with Crippen molar-refractivity contribution in [1.82, 2.24) is 4.98 Å². The molecule has 2 N–H and O–H groups in total. The SMILES string of the molecule is CCOc1ccc(NC(=O)c2c(NC(=O)c3ccncc3)sc3c2CC[C@@H](C(C)(C)C)C3)cc1. The number of thiophene rings is 1. The van der Waals surface area contributed by atoms with Crippen LogP contribution in [0.5, 0.6) is 5.75 Å². The van der Waals surface area contributed by atoms with Gasteiger partial charge < -0.3 is 15.4 Å². The van der Waals surface area contributed by atoms with E-state index in [0.29, 0.717) is 34.3 Å². The Kier molecular flexibility index (Phi) is 7.03. The molecule has 3 aromatic rings. The Bertz CT molecular complexity index is 1160. The maximum absolute atomic E-state index is 13.5. The number of nitrogens with zero attached hydrogens (tertiary/aromatic N) is 1. The van der Waals surface area contributed by atoms with E-state index in [1.54, 1.807) is 24.5 Å². The second-order valence-electron chi connectivity index (χ2n) is 9.62. The summed E-state index contributed by atoms with van der Waals surface area (Å²) in [6.07, 6.45) is 5.93. The van der Waals surface area contributed by atoms with Crippen LogP contribution in [-0.2, 0) is 12.8 Å². The van der Waals surface area contributed by atoms with Gasteiger partial charge in [0.25, 0.3) is 11.8 Å². The molecule has 0 unspecified atom stereocenters. The Labute approximate surface area is 204 Å². The zero-order valence-corrected chi connectivity index (χ0v) is 20.9. The Balaban J connectivity index is 1.64. The lowest BCUT2D eigenvalue weighted by atomic mass is 9.72. The number of fused-ring (bicyclic) bond motifs is 1. The molecule has 0 spiro atoms. The molecule has 1 aromatic carbocycles. The molecule has 2 aromatic heterocycles. The number of pyridine rings is 1. The minimum atomic E-state index is -0.247. The number of aromatic nitrogens is 1. The van der Waals surface area contributed by atoms with Gasteiger partial charge >= 0.3 is 0 Å². The quantitative estimate of drug-likeness (QED) is 0.443. The number of benzene rings is 1. The zero-order chi connectivity index (χ0) is 24.3. The number of nitrogens with one attached hydrogen (secondary N) is 2. The number of hydrogen-bond donors (Lipinski definition) is 2. The molecule has 6 nitrogen and oxygen atoms in total. The van der Waals surface area contributed by atoms with Crippen molar-refractivity contribution in [3.8, 4) is 5.75 Å². The molecular weight excluding hydrogens is 446 g/mol. The van der Waals surface area contributed by atoms with Gasteiger partial charge in [-0.15, -0.1) is 11.3 Å². The van der Waals surface area contributed by atoms with Crippen LogP contribution >= 0.6 is 11.3 Å². The summed E-state index contributed by atoms with van der Waals surface area (Å²) in [6.45, 7) is 9.32. The van der Waals surface area contributed by atoms with Crippen molar-refractivity contribution in [3.05, 3.63) is 70.4 Å². The summed E-state index contributed by atoms with van der Waals surface area (Å²) >= 11 is 1.52. The number of amides is 2. The number of carbonyl (C=O) groups is 2. The molecule has 0 bridgehead atoms. The summed E-state index contributed by atoms with van der Waals surface area (Å²) in [5, 5.41) is 6.61. The third kappa shape index (κ3) is 5.30. The van der Waals surface area contributed by atoms with Crippen LogP contribution in [0, 0.1) is 11.3 Å². The van der Waals surface area contributed by atoms with E-state index in [4.69, 9.17) is 4.74 Å². The minimum absolute atomic E-state index is 0.187. The molecule has 1 atom stereocenters. The van der Waals surface area contributed by atoms with Gasteiger partial charge in [0.1, 0.15) is 10.8 Å². The first-order chi connectivity index (χ1) is 16.3. The fourth-order valence-electron chi connectivity index (χ4n) is 4.33. The van der Waals surface area contributed by atoms with Crippen molar-refractivity contribution in [2.45, 2.75) is 47.0 Å². The van der Waals surface area contributed by atoms with Gasteiger partial charge in [-0.1, -0.05) is 20.8 Å². The summed E-state index contributed by atoms with van der Waals surface area (Å²) in [6, 6.07) is 10.7. The van der Waals surface area contributed by atoms with E-state index in [1.165, 1.54) is 16.2 Å². The third-order valence-corrected chi connectivity index (χ3v) is 7.48. The van der Waals surface area contributed by atoms with Crippen molar-refractivity contribution < 1.29 is 14.3 Å². The van der Waals surface area contributed by atoms with Crippen molar-refractivity contribution in [2.75, 3.05) is 17.2 Å². The second-order valence-corrected chi connectivity index (χ2v) is 10.7. The van der Waals surface area contributed by atoms with Gasteiger partial charge in [-0.05, 0) is 79.5 Å². The van der Waals surface area contributed by atoms with E-state index in [1.807, 2.05) is 31.2 Å². The van der Waals surface area contributed by atoms with E-state index in [-0.39, 0.29) is 17.2 Å². The molecule has 4 rings (SSSR count). The van der Waals surface area contributed by atoms with Gasteiger partial charge in [-0.2, -0.15) is 0 Å². The Morgan fingerprint density at radius 3 is 2.41 bits per heavy atom. The first kappa shape index (κ1) is 24.0. The minimum Gasteiger partial charge on any atom is -0.494 e. The van der Waals surface area contributed by atoms with Crippen molar-refractivity contribution in [2.24, 2.45) is 11.3 Å². The molecule has 0 radical (unpaired) electrons. The van der Waals surface area contributed by atoms with Crippen LogP contribution in [0.3, 0.4) is 0 Å². The summed E-state index contributed by atoms with van der Waals surface area (Å²) in [4.78, 5) is 31.5. The summed E-state index contributed by atoms with van der Waals surface area (Å²) in [5.74, 6) is 0.834. The highest BCUT2D eigenvalue weighted by Crippen LogP contribution is 2.44. The number of ether oxygens (including phenoxy) is 1. The van der Waals surface area contributed by atoms with E-state index in [9.17, 15) is 9.59 Å². The number of carbonyl (C=O) groups excluding carboxylic acids is 2. The highest BCUT2D eigenvalue weighted by Gasteiger charge is 2.34. The Morgan fingerprint density at radius 1 is 1.06 bits per heavy atom. The fourth-order valence-corrected chi connectivity index (χ4v) is 5.65. The van der Waals surface area contributed by atoms with E-state index in [2.05, 4.69) is 36.4 Å². The third-order valence-electron chi connectivity index (χ3n) is 6.31. The average Bonchev–Trinajstić information content (AvgIpc) is 3.17. The van der Waals surface area contributed by atoms with E-state index >= 15 is 0 Å². The van der Waals surface area contributed by atoms with Crippen LogP contribution in [0.2, 0.25) is 0 Å². The highest BCUT2D eigenvalue weighted by molar-refractivity contribution is 7.17. The van der Waals surface area contributed by atoms with Gasteiger partial charge in [-0.25, -0.2) is 0 Å². The maximum atomic E-state index is 13.5.